The lowest BCUT2D eigenvalue weighted by molar-refractivity contribution is 0.622. The zero-order chi connectivity index (χ0) is 14.1. The van der Waals surface area contributed by atoms with Gasteiger partial charge in [0.15, 0.2) is 0 Å². The van der Waals surface area contributed by atoms with Gasteiger partial charge in [-0.15, -0.1) is 0 Å². The van der Waals surface area contributed by atoms with E-state index in [2.05, 4.69) is 16.6 Å². The average Bonchev–Trinajstić information content (AvgIpc) is 3.15. The van der Waals surface area contributed by atoms with E-state index in [-0.39, 0.29) is 5.82 Å². The second kappa shape index (κ2) is 5.37. The molecule has 0 spiro atoms. The summed E-state index contributed by atoms with van der Waals surface area (Å²) in [5, 5.41) is 8.06. The Hall–Kier alpha value is -1.68. The van der Waals surface area contributed by atoms with Crippen molar-refractivity contribution in [3.8, 4) is 0 Å². The quantitative estimate of drug-likeness (QED) is 0.907. The maximum Gasteiger partial charge on any atom is 0.123 e. The normalized spacial score (nSPS) is 14.8. The number of aryl methyl sites for hydroxylation is 2. The SMILES string of the molecule is Cc1cc(F)ccc1Cn1cc(CNC2CC2)c(C)n1. The highest BCUT2D eigenvalue weighted by molar-refractivity contribution is 5.27. The van der Waals surface area contributed by atoms with Gasteiger partial charge in [-0.2, -0.15) is 5.10 Å². The highest BCUT2D eigenvalue weighted by Crippen LogP contribution is 2.20. The average molecular weight is 273 g/mol. The minimum absolute atomic E-state index is 0.183. The van der Waals surface area contributed by atoms with Crippen LogP contribution in [-0.4, -0.2) is 15.8 Å². The summed E-state index contributed by atoms with van der Waals surface area (Å²) in [6.07, 6.45) is 4.68. The third-order valence-electron chi connectivity index (χ3n) is 3.84. The van der Waals surface area contributed by atoms with E-state index in [9.17, 15) is 4.39 Å². The molecule has 106 valence electrons. The van der Waals surface area contributed by atoms with Crippen molar-refractivity contribution in [3.63, 3.8) is 0 Å². The monoisotopic (exact) mass is 273 g/mol. The Balaban J connectivity index is 1.71. The van der Waals surface area contributed by atoms with Gasteiger partial charge in [0.1, 0.15) is 5.82 Å². The molecule has 0 radical (unpaired) electrons. The molecule has 1 N–H and O–H groups in total. The van der Waals surface area contributed by atoms with E-state index in [4.69, 9.17) is 0 Å². The van der Waals surface area contributed by atoms with E-state index < -0.39 is 0 Å². The molecule has 3 nitrogen and oxygen atoms in total. The van der Waals surface area contributed by atoms with Crippen molar-refractivity contribution in [3.05, 3.63) is 52.6 Å². The van der Waals surface area contributed by atoms with E-state index in [0.717, 1.165) is 23.4 Å². The van der Waals surface area contributed by atoms with Gasteiger partial charge in [-0.25, -0.2) is 4.39 Å². The maximum atomic E-state index is 13.1. The molecule has 0 aliphatic heterocycles. The molecule has 0 amide bonds. The molecule has 1 heterocycles. The molecule has 4 heteroatoms. The van der Waals surface area contributed by atoms with E-state index in [1.165, 1.54) is 24.5 Å². The summed E-state index contributed by atoms with van der Waals surface area (Å²) in [5.41, 5.74) is 4.39. The number of rotatable bonds is 5. The zero-order valence-electron chi connectivity index (χ0n) is 12.0. The number of halogens is 1. The first-order valence-corrected chi connectivity index (χ1v) is 7.13. The molecule has 20 heavy (non-hydrogen) atoms. The predicted molar refractivity (Wildman–Crippen MR) is 77.1 cm³/mol. The molecule has 1 saturated carbocycles. The van der Waals surface area contributed by atoms with Crippen molar-refractivity contribution in [2.45, 2.75) is 45.8 Å². The Morgan fingerprint density at radius 2 is 2.10 bits per heavy atom. The lowest BCUT2D eigenvalue weighted by atomic mass is 10.1. The van der Waals surface area contributed by atoms with Crippen LogP contribution in [0.5, 0.6) is 0 Å². The molecule has 1 aromatic heterocycles. The summed E-state index contributed by atoms with van der Waals surface area (Å²) < 4.78 is 15.0. The summed E-state index contributed by atoms with van der Waals surface area (Å²) in [4.78, 5) is 0. The molecule has 0 saturated heterocycles. The van der Waals surface area contributed by atoms with Crippen LogP contribution in [0.15, 0.2) is 24.4 Å². The fraction of sp³-hybridized carbons (Fsp3) is 0.438. The maximum absolute atomic E-state index is 13.1. The molecule has 1 aromatic carbocycles. The summed E-state index contributed by atoms with van der Waals surface area (Å²) in [6, 6.07) is 5.62. The van der Waals surface area contributed by atoms with Gasteiger partial charge in [-0.05, 0) is 49.9 Å². The molecular weight excluding hydrogens is 253 g/mol. The molecular formula is C16H20FN3. The van der Waals surface area contributed by atoms with Crippen molar-refractivity contribution in [1.29, 1.82) is 0 Å². The largest absolute Gasteiger partial charge is 0.310 e. The third-order valence-corrected chi connectivity index (χ3v) is 3.84. The van der Waals surface area contributed by atoms with Crippen LogP contribution in [0, 0.1) is 19.7 Å². The molecule has 0 unspecified atom stereocenters. The molecule has 2 aromatic rings. The smallest absolute Gasteiger partial charge is 0.123 e. The summed E-state index contributed by atoms with van der Waals surface area (Å²) in [7, 11) is 0. The summed E-state index contributed by atoms with van der Waals surface area (Å²) >= 11 is 0. The van der Waals surface area contributed by atoms with E-state index in [0.29, 0.717) is 12.6 Å². The number of hydrogen-bond donors (Lipinski definition) is 1. The topological polar surface area (TPSA) is 29.9 Å². The van der Waals surface area contributed by atoms with Crippen LogP contribution in [0.2, 0.25) is 0 Å². The van der Waals surface area contributed by atoms with Crippen LogP contribution in [0.4, 0.5) is 4.39 Å². The summed E-state index contributed by atoms with van der Waals surface area (Å²) in [6.45, 7) is 5.55. The molecule has 1 aliphatic rings. The van der Waals surface area contributed by atoms with Gasteiger partial charge < -0.3 is 5.32 Å². The van der Waals surface area contributed by atoms with Crippen LogP contribution in [0.25, 0.3) is 0 Å². The van der Waals surface area contributed by atoms with E-state index in [1.54, 1.807) is 6.07 Å². The van der Waals surface area contributed by atoms with Gasteiger partial charge in [-0.1, -0.05) is 6.07 Å². The fourth-order valence-electron chi connectivity index (χ4n) is 2.37. The highest BCUT2D eigenvalue weighted by Gasteiger charge is 2.20. The number of nitrogens with one attached hydrogen (secondary N) is 1. The van der Waals surface area contributed by atoms with Gasteiger partial charge in [0.05, 0.1) is 12.2 Å². The number of hydrogen-bond acceptors (Lipinski definition) is 2. The third kappa shape index (κ3) is 3.07. The van der Waals surface area contributed by atoms with Crippen molar-refractivity contribution in [2.75, 3.05) is 0 Å². The Morgan fingerprint density at radius 1 is 1.30 bits per heavy atom. The molecule has 0 bridgehead atoms. The van der Waals surface area contributed by atoms with Crippen LogP contribution < -0.4 is 5.32 Å². The van der Waals surface area contributed by atoms with E-state index >= 15 is 0 Å². The van der Waals surface area contributed by atoms with Gasteiger partial charge in [0.2, 0.25) is 0 Å². The van der Waals surface area contributed by atoms with E-state index in [1.807, 2.05) is 24.6 Å². The Morgan fingerprint density at radius 3 is 2.80 bits per heavy atom. The first-order valence-electron chi connectivity index (χ1n) is 7.13. The van der Waals surface area contributed by atoms with Gasteiger partial charge in [0.25, 0.3) is 0 Å². The van der Waals surface area contributed by atoms with Crippen molar-refractivity contribution in [2.24, 2.45) is 0 Å². The van der Waals surface area contributed by atoms with Crippen molar-refractivity contribution >= 4 is 0 Å². The standard InChI is InChI=1S/C16H20FN3/c1-11-7-15(17)4-3-13(11)9-20-10-14(12(2)19-20)8-18-16-5-6-16/h3-4,7,10,16,18H,5-6,8-9H2,1-2H3. The minimum atomic E-state index is -0.183. The first-order chi connectivity index (χ1) is 9.61. The molecule has 1 fully saturated rings. The summed E-state index contributed by atoms with van der Waals surface area (Å²) in [5.74, 6) is -0.183. The fourth-order valence-corrected chi connectivity index (χ4v) is 2.37. The number of benzene rings is 1. The van der Waals surface area contributed by atoms with Crippen molar-refractivity contribution < 1.29 is 4.39 Å². The van der Waals surface area contributed by atoms with Gasteiger partial charge in [0, 0.05) is 24.3 Å². The van der Waals surface area contributed by atoms with Gasteiger partial charge >= 0.3 is 0 Å². The minimum Gasteiger partial charge on any atom is -0.310 e. The van der Waals surface area contributed by atoms with Crippen molar-refractivity contribution in [1.82, 2.24) is 15.1 Å². The lowest BCUT2D eigenvalue weighted by Crippen LogP contribution is -2.15. The number of aromatic nitrogens is 2. The van der Waals surface area contributed by atoms with Crippen LogP contribution in [0.1, 0.15) is 35.2 Å². The lowest BCUT2D eigenvalue weighted by Gasteiger charge is -2.06. The zero-order valence-corrected chi connectivity index (χ0v) is 12.0. The van der Waals surface area contributed by atoms with Crippen LogP contribution >= 0.6 is 0 Å². The molecule has 1 aliphatic carbocycles. The molecule has 3 rings (SSSR count). The second-order valence-corrected chi connectivity index (χ2v) is 5.66. The number of nitrogens with zero attached hydrogens (tertiary/aromatic N) is 2. The second-order valence-electron chi connectivity index (χ2n) is 5.66. The van der Waals surface area contributed by atoms with Crippen LogP contribution in [-0.2, 0) is 13.1 Å². The molecule has 0 atom stereocenters. The Labute approximate surface area is 118 Å². The van der Waals surface area contributed by atoms with Gasteiger partial charge in [-0.3, -0.25) is 4.68 Å². The Kier molecular flexibility index (Phi) is 3.57. The highest BCUT2D eigenvalue weighted by atomic mass is 19.1. The first kappa shape index (κ1) is 13.3. The predicted octanol–water partition coefficient (Wildman–Crippen LogP) is 2.94. The Bertz CT molecular complexity index is 614. The van der Waals surface area contributed by atoms with Crippen LogP contribution in [0.3, 0.4) is 0 Å².